The van der Waals surface area contributed by atoms with Crippen molar-refractivity contribution in [2.24, 2.45) is 0 Å². The molecule has 0 radical (unpaired) electrons. The van der Waals surface area contributed by atoms with Gasteiger partial charge >= 0.3 is 11.9 Å². The lowest BCUT2D eigenvalue weighted by atomic mass is 9.81. The van der Waals surface area contributed by atoms with Crippen LogP contribution >= 0.6 is 0 Å². The van der Waals surface area contributed by atoms with Crippen LogP contribution in [0, 0.1) is 0 Å². The number of nitrogens with zero attached hydrogens (tertiary/aromatic N) is 1. The number of anilines is 1. The third-order valence-corrected chi connectivity index (χ3v) is 6.90. The van der Waals surface area contributed by atoms with Crippen LogP contribution in [0.3, 0.4) is 0 Å². The van der Waals surface area contributed by atoms with E-state index >= 15 is 0 Å². The third-order valence-electron chi connectivity index (χ3n) is 6.90. The number of carbonyl (C=O) groups is 2. The number of aromatic nitrogens is 1. The molecule has 6 nitrogen and oxygen atoms in total. The van der Waals surface area contributed by atoms with Crippen molar-refractivity contribution in [2.75, 3.05) is 19.5 Å². The van der Waals surface area contributed by atoms with E-state index in [2.05, 4.69) is 22.0 Å². The number of esters is 2. The number of methoxy groups -OCH3 is 2. The molecule has 166 valence electrons. The van der Waals surface area contributed by atoms with E-state index in [4.69, 9.17) is 9.47 Å². The van der Waals surface area contributed by atoms with Crippen LogP contribution in [0.25, 0.3) is 22.2 Å². The summed E-state index contributed by atoms with van der Waals surface area (Å²) < 4.78 is 12.3. The third kappa shape index (κ3) is 3.34. The van der Waals surface area contributed by atoms with Gasteiger partial charge in [0.25, 0.3) is 0 Å². The lowest BCUT2D eigenvalue weighted by molar-refractivity contribution is -0.141. The van der Waals surface area contributed by atoms with Gasteiger partial charge < -0.3 is 19.4 Å². The van der Waals surface area contributed by atoms with Crippen LogP contribution in [0.5, 0.6) is 0 Å². The Morgan fingerprint density at radius 2 is 1.78 bits per heavy atom. The first-order valence-corrected chi connectivity index (χ1v) is 11.3. The summed E-state index contributed by atoms with van der Waals surface area (Å²) in [5, 5.41) is 4.55. The largest absolute Gasteiger partial charge is 0.467 e. The number of para-hydroxylation sites is 1. The normalized spacial score (nSPS) is 18.2. The Balaban J connectivity index is 1.82. The van der Waals surface area contributed by atoms with Crippen LogP contribution < -0.4 is 5.32 Å². The molecule has 1 atom stereocenters. The van der Waals surface area contributed by atoms with Gasteiger partial charge in [0, 0.05) is 22.2 Å². The molecule has 2 aliphatic rings. The minimum atomic E-state index is -0.529. The minimum absolute atomic E-state index is 0.308. The van der Waals surface area contributed by atoms with Gasteiger partial charge in [0.2, 0.25) is 0 Å². The van der Waals surface area contributed by atoms with Crippen molar-refractivity contribution in [1.82, 2.24) is 4.57 Å². The predicted molar refractivity (Wildman–Crippen MR) is 124 cm³/mol. The standard InChI is InChI=1S/C26H28N2O4/c1-31-25(29)17-12-13-19-22(14-17)28-15-21(26(30)32-2)27-20-11-7-6-10-18(20)24(28)23(19)16-8-4-3-5-9-16/h6-7,10-14,16,21,27H,3-5,8-9,15H2,1-2H3. The highest BCUT2D eigenvalue weighted by Crippen LogP contribution is 2.47. The molecule has 1 fully saturated rings. The van der Waals surface area contributed by atoms with Crippen molar-refractivity contribution in [3.63, 3.8) is 0 Å². The second-order valence-corrected chi connectivity index (χ2v) is 8.70. The molecule has 1 unspecified atom stereocenters. The van der Waals surface area contributed by atoms with Crippen molar-refractivity contribution in [1.29, 1.82) is 0 Å². The van der Waals surface area contributed by atoms with Gasteiger partial charge in [0.05, 0.1) is 32.0 Å². The number of hydrogen-bond donors (Lipinski definition) is 1. The monoisotopic (exact) mass is 432 g/mol. The molecule has 0 amide bonds. The quantitative estimate of drug-likeness (QED) is 0.583. The van der Waals surface area contributed by atoms with Gasteiger partial charge in [-0.05, 0) is 42.5 Å². The summed E-state index contributed by atoms with van der Waals surface area (Å²) in [7, 11) is 2.81. The molecular formula is C26H28N2O4. The maximum atomic E-state index is 12.6. The van der Waals surface area contributed by atoms with Crippen LogP contribution in [0.4, 0.5) is 5.69 Å². The highest BCUT2D eigenvalue weighted by molar-refractivity contribution is 6.00. The second kappa shape index (κ2) is 8.34. The van der Waals surface area contributed by atoms with E-state index in [-0.39, 0.29) is 11.9 Å². The summed E-state index contributed by atoms with van der Waals surface area (Å²) in [5.41, 5.74) is 5.94. The maximum Gasteiger partial charge on any atom is 0.337 e. The average molecular weight is 433 g/mol. The zero-order chi connectivity index (χ0) is 22.2. The molecule has 2 aromatic carbocycles. The van der Waals surface area contributed by atoms with Gasteiger partial charge in [-0.2, -0.15) is 0 Å². The molecule has 0 bridgehead atoms. The predicted octanol–water partition coefficient (Wildman–Crippen LogP) is 5.11. The van der Waals surface area contributed by atoms with Gasteiger partial charge in [-0.3, -0.25) is 0 Å². The second-order valence-electron chi connectivity index (χ2n) is 8.70. The number of carbonyl (C=O) groups excluding carboxylic acids is 2. The average Bonchev–Trinajstić information content (AvgIpc) is 3.05. The van der Waals surface area contributed by atoms with Crippen molar-refractivity contribution in [3.8, 4) is 11.3 Å². The molecule has 5 rings (SSSR count). The Labute approximate surface area is 187 Å². The van der Waals surface area contributed by atoms with Crippen LogP contribution in [-0.4, -0.2) is 36.8 Å². The first kappa shape index (κ1) is 20.6. The van der Waals surface area contributed by atoms with Crippen molar-refractivity contribution in [2.45, 2.75) is 50.6 Å². The van der Waals surface area contributed by atoms with Gasteiger partial charge in [0.1, 0.15) is 6.04 Å². The molecule has 32 heavy (non-hydrogen) atoms. The minimum Gasteiger partial charge on any atom is -0.467 e. The highest BCUT2D eigenvalue weighted by atomic mass is 16.5. The Bertz CT molecular complexity index is 1190. The lowest BCUT2D eigenvalue weighted by Crippen LogP contribution is -2.34. The topological polar surface area (TPSA) is 69.6 Å². The maximum absolute atomic E-state index is 12.6. The molecule has 0 saturated heterocycles. The van der Waals surface area contributed by atoms with Crippen molar-refractivity contribution < 1.29 is 19.1 Å². The molecule has 1 saturated carbocycles. The molecule has 6 heteroatoms. The highest BCUT2D eigenvalue weighted by Gasteiger charge is 2.33. The Morgan fingerprint density at radius 3 is 2.53 bits per heavy atom. The lowest BCUT2D eigenvalue weighted by Gasteiger charge is -2.23. The first-order chi connectivity index (χ1) is 15.6. The molecule has 1 aliphatic heterocycles. The fraction of sp³-hybridized carbons (Fsp3) is 0.385. The SMILES string of the molecule is COC(=O)c1ccc2c(C3CCCCC3)c3n(c2c1)CC(C(=O)OC)Nc1ccccc1-3. The molecule has 1 N–H and O–H groups in total. The van der Waals surface area contributed by atoms with Crippen LogP contribution in [-0.2, 0) is 20.8 Å². The van der Waals surface area contributed by atoms with E-state index in [1.54, 1.807) is 0 Å². The summed E-state index contributed by atoms with van der Waals surface area (Å²) in [6, 6.07) is 13.4. The molecule has 2 heterocycles. The van der Waals surface area contributed by atoms with Gasteiger partial charge in [-0.1, -0.05) is 43.5 Å². The number of fused-ring (bicyclic) bond motifs is 5. The van der Waals surface area contributed by atoms with E-state index < -0.39 is 6.04 Å². The van der Waals surface area contributed by atoms with E-state index in [0.717, 1.165) is 40.7 Å². The molecule has 1 aromatic heterocycles. The zero-order valence-electron chi connectivity index (χ0n) is 18.5. The fourth-order valence-corrected chi connectivity index (χ4v) is 5.41. The van der Waals surface area contributed by atoms with E-state index in [1.165, 1.54) is 39.0 Å². The number of hydrogen-bond acceptors (Lipinski definition) is 5. The summed E-state index contributed by atoms with van der Waals surface area (Å²) in [6.07, 6.45) is 6.03. The number of rotatable bonds is 3. The number of nitrogens with one attached hydrogen (secondary N) is 1. The summed E-state index contributed by atoms with van der Waals surface area (Å²) >= 11 is 0. The van der Waals surface area contributed by atoms with Gasteiger partial charge in [-0.15, -0.1) is 0 Å². The van der Waals surface area contributed by atoms with Crippen LogP contribution in [0.1, 0.15) is 53.9 Å². The van der Waals surface area contributed by atoms with Crippen LogP contribution in [0.15, 0.2) is 42.5 Å². The summed E-state index contributed by atoms with van der Waals surface area (Å²) in [4.78, 5) is 24.9. The van der Waals surface area contributed by atoms with E-state index in [1.807, 2.05) is 30.3 Å². The Kier molecular flexibility index (Phi) is 5.37. The van der Waals surface area contributed by atoms with E-state index in [0.29, 0.717) is 18.0 Å². The molecule has 1 aliphatic carbocycles. The zero-order valence-corrected chi connectivity index (χ0v) is 18.5. The van der Waals surface area contributed by atoms with Crippen LogP contribution in [0.2, 0.25) is 0 Å². The Morgan fingerprint density at radius 1 is 1.00 bits per heavy atom. The fourth-order valence-electron chi connectivity index (χ4n) is 5.41. The van der Waals surface area contributed by atoms with Crippen molar-refractivity contribution in [3.05, 3.63) is 53.6 Å². The Hall–Kier alpha value is -3.28. The van der Waals surface area contributed by atoms with E-state index in [9.17, 15) is 9.59 Å². The summed E-state index contributed by atoms with van der Waals surface area (Å²) in [6.45, 7) is 0.421. The first-order valence-electron chi connectivity index (χ1n) is 11.3. The number of ether oxygens (including phenoxy) is 2. The van der Waals surface area contributed by atoms with Gasteiger partial charge in [0.15, 0.2) is 0 Å². The van der Waals surface area contributed by atoms with Crippen molar-refractivity contribution >= 4 is 28.5 Å². The smallest absolute Gasteiger partial charge is 0.337 e. The molecule has 0 spiro atoms. The van der Waals surface area contributed by atoms with Gasteiger partial charge in [-0.25, -0.2) is 9.59 Å². The number of benzene rings is 2. The molecule has 3 aromatic rings. The summed E-state index contributed by atoms with van der Waals surface area (Å²) in [5.74, 6) is -0.217. The molecular weight excluding hydrogens is 404 g/mol.